The van der Waals surface area contributed by atoms with Gasteiger partial charge in [0, 0.05) is 35.9 Å². The Morgan fingerprint density at radius 2 is 1.94 bits per heavy atom. The molecule has 0 N–H and O–H groups in total. The monoisotopic (exact) mass is 451 g/mol. The van der Waals surface area contributed by atoms with Gasteiger partial charge in [-0.25, -0.2) is 9.78 Å². The van der Waals surface area contributed by atoms with E-state index in [-0.39, 0.29) is 16.7 Å². The topological polar surface area (TPSA) is 93.7 Å². The van der Waals surface area contributed by atoms with Crippen LogP contribution in [-0.2, 0) is 17.2 Å². The van der Waals surface area contributed by atoms with Gasteiger partial charge in [-0.2, -0.15) is 10.4 Å². The minimum absolute atomic E-state index is 0.153. The average molecular weight is 452 g/mol. The molecule has 168 valence electrons. The molecule has 7 nitrogen and oxygen atoms in total. The van der Waals surface area contributed by atoms with E-state index in [1.807, 2.05) is 33.1 Å². The SMILES string of the molecule is CC.Cc1nn(C)c(C)c1/C(OC(=O)c1cccnc1)=C(\C#N)c1csc(C(C)(C)C)n1. The molecular weight excluding hydrogens is 422 g/mol. The molecule has 0 aliphatic heterocycles. The second kappa shape index (κ2) is 10.3. The highest BCUT2D eigenvalue weighted by atomic mass is 32.1. The number of allylic oxidation sites excluding steroid dienone is 1. The van der Waals surface area contributed by atoms with Gasteiger partial charge in [-0.15, -0.1) is 11.3 Å². The van der Waals surface area contributed by atoms with Crippen LogP contribution in [-0.4, -0.2) is 25.7 Å². The number of esters is 1. The van der Waals surface area contributed by atoms with Gasteiger partial charge in [0.1, 0.15) is 11.6 Å². The number of rotatable bonds is 4. The van der Waals surface area contributed by atoms with Gasteiger partial charge in [-0.3, -0.25) is 9.67 Å². The molecule has 0 aliphatic rings. The Morgan fingerprint density at radius 1 is 1.25 bits per heavy atom. The summed E-state index contributed by atoms with van der Waals surface area (Å²) in [6, 6.07) is 5.46. The van der Waals surface area contributed by atoms with Gasteiger partial charge >= 0.3 is 5.97 Å². The van der Waals surface area contributed by atoms with Crippen LogP contribution in [0, 0.1) is 25.2 Å². The number of pyridine rings is 1. The molecule has 3 aromatic heterocycles. The lowest BCUT2D eigenvalue weighted by molar-refractivity contribution is 0.0692. The first-order valence-electron chi connectivity index (χ1n) is 10.4. The summed E-state index contributed by atoms with van der Waals surface area (Å²) in [5.41, 5.74) is 2.85. The molecule has 0 radical (unpaired) electrons. The van der Waals surface area contributed by atoms with Crippen LogP contribution in [0.4, 0.5) is 0 Å². The molecule has 3 heterocycles. The number of nitrogens with zero attached hydrogens (tertiary/aromatic N) is 5. The second-order valence-corrected chi connectivity index (χ2v) is 8.76. The fourth-order valence-electron chi connectivity index (χ4n) is 2.92. The third-order valence-electron chi connectivity index (χ3n) is 4.57. The van der Waals surface area contributed by atoms with Gasteiger partial charge in [0.15, 0.2) is 5.76 Å². The van der Waals surface area contributed by atoms with Crippen molar-refractivity contribution < 1.29 is 9.53 Å². The van der Waals surface area contributed by atoms with Crippen molar-refractivity contribution in [3.63, 3.8) is 0 Å². The summed E-state index contributed by atoms with van der Waals surface area (Å²) in [6.07, 6.45) is 3.00. The Hall–Kier alpha value is -3.31. The number of carbonyl (C=O) groups is 1. The zero-order chi connectivity index (χ0) is 24.1. The number of hydrogen-bond acceptors (Lipinski definition) is 7. The molecule has 3 rings (SSSR count). The zero-order valence-electron chi connectivity index (χ0n) is 19.8. The van der Waals surface area contributed by atoms with Gasteiger partial charge in [0.25, 0.3) is 0 Å². The number of aryl methyl sites for hydroxylation is 2. The molecule has 8 heteroatoms. The quantitative estimate of drug-likeness (QED) is 0.297. The smallest absolute Gasteiger partial charge is 0.345 e. The van der Waals surface area contributed by atoms with Crippen LogP contribution < -0.4 is 0 Å². The van der Waals surface area contributed by atoms with Crippen LogP contribution in [0.25, 0.3) is 11.3 Å². The summed E-state index contributed by atoms with van der Waals surface area (Å²) in [6.45, 7) is 13.9. The molecule has 0 saturated carbocycles. The van der Waals surface area contributed by atoms with Crippen LogP contribution >= 0.6 is 11.3 Å². The molecule has 0 aromatic carbocycles. The molecule has 0 atom stereocenters. The zero-order valence-corrected chi connectivity index (χ0v) is 20.7. The van der Waals surface area contributed by atoms with Crippen LogP contribution in [0.15, 0.2) is 29.9 Å². The third-order valence-corrected chi connectivity index (χ3v) is 5.84. The van der Waals surface area contributed by atoms with E-state index in [1.54, 1.807) is 30.1 Å². The molecule has 0 spiro atoms. The largest absolute Gasteiger partial charge is 0.421 e. The maximum atomic E-state index is 12.8. The predicted octanol–water partition coefficient (Wildman–Crippen LogP) is 5.46. The number of aromatic nitrogens is 4. The Balaban J connectivity index is 0.00000176. The number of thiazole rings is 1. The summed E-state index contributed by atoms with van der Waals surface area (Å²) < 4.78 is 7.48. The van der Waals surface area contributed by atoms with Gasteiger partial charge < -0.3 is 4.74 Å². The number of nitriles is 1. The Kier molecular flexibility index (Phi) is 8.06. The molecule has 0 fully saturated rings. The van der Waals surface area contributed by atoms with Crippen molar-refractivity contribution in [2.75, 3.05) is 0 Å². The fraction of sp³-hybridized carbons (Fsp3) is 0.375. The van der Waals surface area contributed by atoms with E-state index in [2.05, 4.69) is 41.9 Å². The Labute approximate surface area is 193 Å². The van der Waals surface area contributed by atoms with E-state index in [1.165, 1.54) is 17.5 Å². The maximum Gasteiger partial charge on any atom is 0.345 e. The van der Waals surface area contributed by atoms with E-state index in [4.69, 9.17) is 4.74 Å². The van der Waals surface area contributed by atoms with Crippen LogP contribution in [0.1, 0.15) is 72.6 Å². The first-order valence-corrected chi connectivity index (χ1v) is 11.2. The van der Waals surface area contributed by atoms with Crippen molar-refractivity contribution in [2.45, 2.75) is 53.9 Å². The first kappa shape index (κ1) is 25.0. The van der Waals surface area contributed by atoms with Crippen molar-refractivity contribution in [3.05, 3.63) is 63.1 Å². The summed E-state index contributed by atoms with van der Waals surface area (Å²) >= 11 is 1.47. The highest BCUT2D eigenvalue weighted by Crippen LogP contribution is 2.34. The second-order valence-electron chi connectivity index (χ2n) is 7.90. The highest BCUT2D eigenvalue weighted by Gasteiger charge is 2.27. The van der Waals surface area contributed by atoms with Crippen molar-refractivity contribution in [3.8, 4) is 6.07 Å². The van der Waals surface area contributed by atoms with Crippen molar-refractivity contribution >= 4 is 28.6 Å². The van der Waals surface area contributed by atoms with Gasteiger partial charge in [-0.05, 0) is 26.0 Å². The summed E-state index contributed by atoms with van der Waals surface area (Å²) in [5, 5.41) is 17.1. The van der Waals surface area contributed by atoms with Crippen molar-refractivity contribution in [1.29, 1.82) is 5.26 Å². The van der Waals surface area contributed by atoms with E-state index in [0.29, 0.717) is 22.5 Å². The van der Waals surface area contributed by atoms with E-state index in [9.17, 15) is 10.1 Å². The molecule has 0 unspecified atom stereocenters. The highest BCUT2D eigenvalue weighted by molar-refractivity contribution is 7.10. The van der Waals surface area contributed by atoms with Gasteiger partial charge in [-0.1, -0.05) is 34.6 Å². The molecular formula is C24H29N5O2S. The summed E-state index contributed by atoms with van der Waals surface area (Å²) in [7, 11) is 1.80. The minimum Gasteiger partial charge on any atom is -0.421 e. The number of carbonyl (C=O) groups excluding carboxylic acids is 1. The molecule has 0 aliphatic carbocycles. The van der Waals surface area contributed by atoms with E-state index >= 15 is 0 Å². The lowest BCUT2D eigenvalue weighted by Crippen LogP contribution is -2.11. The molecule has 3 aromatic rings. The maximum absolute atomic E-state index is 12.8. The Bertz CT molecular complexity index is 1160. The normalized spacial score (nSPS) is 11.7. The molecule has 0 amide bonds. The number of ether oxygens (including phenoxy) is 1. The predicted molar refractivity (Wildman–Crippen MR) is 127 cm³/mol. The van der Waals surface area contributed by atoms with E-state index in [0.717, 1.165) is 10.7 Å². The minimum atomic E-state index is -0.597. The third kappa shape index (κ3) is 5.29. The average Bonchev–Trinajstić information content (AvgIpc) is 3.35. The van der Waals surface area contributed by atoms with Crippen LogP contribution in [0.5, 0.6) is 0 Å². The first-order chi connectivity index (χ1) is 15.1. The molecule has 0 bridgehead atoms. The van der Waals surface area contributed by atoms with E-state index < -0.39 is 5.97 Å². The molecule has 0 saturated heterocycles. The Morgan fingerprint density at radius 3 is 2.41 bits per heavy atom. The van der Waals surface area contributed by atoms with Gasteiger partial charge in [0.05, 0.1) is 27.5 Å². The fourth-order valence-corrected chi connectivity index (χ4v) is 3.82. The van der Waals surface area contributed by atoms with Crippen LogP contribution in [0.3, 0.4) is 0 Å². The molecule has 32 heavy (non-hydrogen) atoms. The van der Waals surface area contributed by atoms with Gasteiger partial charge in [0.2, 0.25) is 0 Å². The standard InChI is InChI=1S/C22H23N5O2S.C2H6/c1-13-18(14(2)27(6)26-13)19(29-20(28)15-8-7-9-24-11-15)16(10-23)17-12-30-21(25-17)22(3,4)5;1-2/h7-9,11-12H,1-6H3;1-2H3/b19-16-;. The van der Waals surface area contributed by atoms with Crippen molar-refractivity contribution in [1.82, 2.24) is 19.7 Å². The van der Waals surface area contributed by atoms with Crippen molar-refractivity contribution in [2.24, 2.45) is 7.05 Å². The number of hydrogen-bond donors (Lipinski definition) is 0. The summed E-state index contributed by atoms with van der Waals surface area (Å²) in [5.74, 6) is -0.444. The lowest BCUT2D eigenvalue weighted by Gasteiger charge is -2.14. The van der Waals surface area contributed by atoms with Crippen LogP contribution in [0.2, 0.25) is 0 Å². The lowest BCUT2D eigenvalue weighted by atomic mass is 9.98. The summed E-state index contributed by atoms with van der Waals surface area (Å²) in [4.78, 5) is 21.4.